The molecule has 1 amide bonds. The van der Waals surface area contributed by atoms with E-state index in [-0.39, 0.29) is 11.8 Å². The van der Waals surface area contributed by atoms with Crippen LogP contribution in [0.15, 0.2) is 0 Å². The van der Waals surface area contributed by atoms with E-state index >= 15 is 0 Å². The Bertz CT molecular complexity index is 334. The third-order valence-corrected chi connectivity index (χ3v) is 4.37. The van der Waals surface area contributed by atoms with Crippen molar-refractivity contribution in [3.05, 3.63) is 0 Å². The summed E-state index contributed by atoms with van der Waals surface area (Å²) in [6, 6.07) is 0. The highest BCUT2D eigenvalue weighted by Crippen LogP contribution is 2.24. The van der Waals surface area contributed by atoms with Gasteiger partial charge in [0.25, 0.3) is 0 Å². The first kappa shape index (κ1) is 13.7. The second-order valence-electron chi connectivity index (χ2n) is 5.30. The number of carbonyl (C=O) groups is 1. The van der Waals surface area contributed by atoms with Gasteiger partial charge in [-0.25, -0.2) is 0 Å². The molecule has 0 saturated carbocycles. The first-order chi connectivity index (χ1) is 8.53. The van der Waals surface area contributed by atoms with E-state index in [4.69, 9.17) is 22.7 Å². The van der Waals surface area contributed by atoms with Crippen molar-refractivity contribution in [3.63, 3.8) is 0 Å². The zero-order chi connectivity index (χ0) is 13.2. The van der Waals surface area contributed by atoms with Gasteiger partial charge in [-0.15, -0.1) is 0 Å². The molecule has 0 radical (unpaired) electrons. The monoisotopic (exact) mass is 271 g/mol. The number of ether oxygens (including phenoxy) is 1. The minimum atomic E-state index is -0.498. The van der Waals surface area contributed by atoms with Crippen LogP contribution < -0.4 is 11.1 Å². The maximum atomic E-state index is 12.2. The predicted molar refractivity (Wildman–Crippen MR) is 73.3 cm³/mol. The second-order valence-corrected chi connectivity index (χ2v) is 5.74. The summed E-state index contributed by atoms with van der Waals surface area (Å²) in [4.78, 5) is 14.8. The molecule has 0 aromatic carbocycles. The summed E-state index contributed by atoms with van der Waals surface area (Å²) in [7, 11) is 2.07. The van der Waals surface area contributed by atoms with Crippen LogP contribution in [0.4, 0.5) is 0 Å². The topological polar surface area (TPSA) is 67.6 Å². The SMILES string of the molecule is CN1CCC(NC(=O)C2CCOC2)(C(N)=S)CC1. The van der Waals surface area contributed by atoms with E-state index < -0.39 is 5.54 Å². The van der Waals surface area contributed by atoms with Crippen molar-refractivity contribution in [3.8, 4) is 0 Å². The molecule has 6 heteroatoms. The fourth-order valence-electron chi connectivity index (χ4n) is 2.51. The molecule has 0 aromatic heterocycles. The standard InChI is InChI=1S/C12H21N3O2S/c1-15-5-3-12(4-6-15,11(13)18)14-10(16)9-2-7-17-8-9/h9H,2-8H2,1H3,(H2,13,18)(H,14,16). The van der Waals surface area contributed by atoms with E-state index in [0.29, 0.717) is 18.2 Å². The van der Waals surface area contributed by atoms with E-state index in [1.165, 1.54) is 0 Å². The second kappa shape index (κ2) is 5.50. The van der Waals surface area contributed by atoms with E-state index in [1.807, 2.05) is 0 Å². The first-order valence-electron chi connectivity index (χ1n) is 6.42. The van der Waals surface area contributed by atoms with Gasteiger partial charge >= 0.3 is 0 Å². The molecular weight excluding hydrogens is 250 g/mol. The highest BCUT2D eigenvalue weighted by atomic mass is 32.1. The Hall–Kier alpha value is -0.720. The Labute approximate surface area is 113 Å². The van der Waals surface area contributed by atoms with Gasteiger partial charge in [0.15, 0.2) is 0 Å². The van der Waals surface area contributed by atoms with Gasteiger partial charge < -0.3 is 20.7 Å². The summed E-state index contributed by atoms with van der Waals surface area (Å²) in [6.45, 7) is 2.98. The fraction of sp³-hybridized carbons (Fsp3) is 0.833. The molecule has 3 N–H and O–H groups in total. The predicted octanol–water partition coefficient (Wildman–Crippen LogP) is -0.110. The van der Waals surface area contributed by atoms with Gasteiger partial charge in [-0.1, -0.05) is 12.2 Å². The van der Waals surface area contributed by atoms with Crippen LogP contribution in [0.3, 0.4) is 0 Å². The number of carbonyl (C=O) groups excluding carboxylic acids is 1. The van der Waals surface area contributed by atoms with Gasteiger partial charge in [0.05, 0.1) is 23.1 Å². The maximum Gasteiger partial charge on any atom is 0.226 e. The smallest absolute Gasteiger partial charge is 0.226 e. The summed E-state index contributed by atoms with van der Waals surface area (Å²) in [5.74, 6) is -0.0132. The molecule has 0 aliphatic carbocycles. The Morgan fingerprint density at radius 1 is 1.50 bits per heavy atom. The molecule has 2 heterocycles. The Kier molecular flexibility index (Phi) is 4.19. The zero-order valence-corrected chi connectivity index (χ0v) is 11.6. The molecule has 1 atom stereocenters. The van der Waals surface area contributed by atoms with Gasteiger partial charge in [0, 0.05) is 19.7 Å². The molecule has 2 aliphatic heterocycles. The number of amides is 1. The average molecular weight is 271 g/mol. The van der Waals surface area contributed by atoms with Crippen molar-refractivity contribution >= 4 is 23.1 Å². The largest absolute Gasteiger partial charge is 0.391 e. The summed E-state index contributed by atoms with van der Waals surface area (Å²) >= 11 is 5.17. The van der Waals surface area contributed by atoms with E-state index in [0.717, 1.165) is 32.4 Å². The third kappa shape index (κ3) is 2.81. The van der Waals surface area contributed by atoms with Crippen molar-refractivity contribution < 1.29 is 9.53 Å². The molecule has 102 valence electrons. The molecule has 2 rings (SSSR count). The lowest BCUT2D eigenvalue weighted by atomic mass is 9.86. The third-order valence-electron chi connectivity index (χ3n) is 3.98. The van der Waals surface area contributed by atoms with Crippen molar-refractivity contribution in [1.82, 2.24) is 10.2 Å². The summed E-state index contributed by atoms with van der Waals surface area (Å²) in [6.07, 6.45) is 2.37. The first-order valence-corrected chi connectivity index (χ1v) is 6.82. The van der Waals surface area contributed by atoms with Gasteiger partial charge in [0.1, 0.15) is 0 Å². The molecule has 2 aliphatic rings. The number of thiocarbonyl (C=S) groups is 1. The molecule has 0 aromatic rings. The highest BCUT2D eigenvalue weighted by molar-refractivity contribution is 7.80. The molecule has 0 spiro atoms. The van der Waals surface area contributed by atoms with Crippen LogP contribution in [-0.4, -0.2) is 54.7 Å². The molecule has 5 nitrogen and oxygen atoms in total. The summed E-state index contributed by atoms with van der Waals surface area (Å²) in [5, 5.41) is 3.08. The molecule has 1 unspecified atom stereocenters. The fourth-order valence-corrected chi connectivity index (χ4v) is 2.77. The minimum Gasteiger partial charge on any atom is -0.391 e. The minimum absolute atomic E-state index is 0.0323. The lowest BCUT2D eigenvalue weighted by molar-refractivity contribution is -0.126. The van der Waals surface area contributed by atoms with Crippen molar-refractivity contribution in [2.45, 2.75) is 24.8 Å². The van der Waals surface area contributed by atoms with Crippen molar-refractivity contribution in [1.29, 1.82) is 0 Å². The number of nitrogens with zero attached hydrogens (tertiary/aromatic N) is 1. The molecular formula is C12H21N3O2S. The number of hydrogen-bond donors (Lipinski definition) is 2. The Morgan fingerprint density at radius 3 is 2.67 bits per heavy atom. The lowest BCUT2D eigenvalue weighted by Gasteiger charge is -2.40. The highest BCUT2D eigenvalue weighted by Gasteiger charge is 2.39. The summed E-state index contributed by atoms with van der Waals surface area (Å²) in [5.41, 5.74) is 5.36. The van der Waals surface area contributed by atoms with Gasteiger partial charge in [-0.2, -0.15) is 0 Å². The van der Waals surface area contributed by atoms with Crippen LogP contribution in [0.1, 0.15) is 19.3 Å². The Morgan fingerprint density at radius 2 is 2.17 bits per heavy atom. The van der Waals surface area contributed by atoms with Gasteiger partial charge in [-0.05, 0) is 26.3 Å². The van der Waals surface area contributed by atoms with E-state index in [9.17, 15) is 4.79 Å². The van der Waals surface area contributed by atoms with Crippen LogP contribution in [0.5, 0.6) is 0 Å². The van der Waals surface area contributed by atoms with Crippen LogP contribution in [0.25, 0.3) is 0 Å². The van der Waals surface area contributed by atoms with E-state index in [2.05, 4.69) is 17.3 Å². The molecule has 2 fully saturated rings. The number of hydrogen-bond acceptors (Lipinski definition) is 4. The lowest BCUT2D eigenvalue weighted by Crippen LogP contribution is -2.62. The number of rotatable bonds is 3. The zero-order valence-electron chi connectivity index (χ0n) is 10.8. The number of nitrogens with two attached hydrogens (primary N) is 1. The van der Waals surface area contributed by atoms with Crippen LogP contribution >= 0.6 is 12.2 Å². The van der Waals surface area contributed by atoms with Crippen molar-refractivity contribution in [2.75, 3.05) is 33.4 Å². The van der Waals surface area contributed by atoms with Crippen molar-refractivity contribution in [2.24, 2.45) is 11.7 Å². The number of nitrogens with one attached hydrogen (secondary N) is 1. The number of likely N-dealkylation sites (tertiary alicyclic amines) is 1. The van der Waals surface area contributed by atoms with E-state index in [1.54, 1.807) is 0 Å². The van der Waals surface area contributed by atoms with Crippen LogP contribution in [0.2, 0.25) is 0 Å². The molecule has 2 saturated heterocycles. The Balaban J connectivity index is 2.01. The normalized spacial score (nSPS) is 27.9. The quantitative estimate of drug-likeness (QED) is 0.701. The van der Waals surface area contributed by atoms with Gasteiger partial charge in [-0.3, -0.25) is 4.79 Å². The molecule has 18 heavy (non-hydrogen) atoms. The van der Waals surface area contributed by atoms with Gasteiger partial charge in [0.2, 0.25) is 5.91 Å². The van der Waals surface area contributed by atoms with Crippen LogP contribution in [0, 0.1) is 5.92 Å². The average Bonchev–Trinajstić information content (AvgIpc) is 2.85. The number of piperidine rings is 1. The maximum absolute atomic E-state index is 12.2. The molecule has 0 bridgehead atoms. The van der Waals surface area contributed by atoms with Crippen LogP contribution in [-0.2, 0) is 9.53 Å². The summed E-state index contributed by atoms with van der Waals surface area (Å²) < 4.78 is 5.24.